The molecule has 0 spiro atoms. The molecule has 2 N–H and O–H groups in total. The number of fused-ring (bicyclic) bond motifs is 3. The number of nitrogens with zero attached hydrogens (tertiary/aromatic N) is 3. The van der Waals surface area contributed by atoms with Crippen LogP contribution in [0.5, 0.6) is 0 Å². The highest BCUT2D eigenvalue weighted by Gasteiger charge is 2.13. The van der Waals surface area contributed by atoms with Crippen LogP contribution in [0, 0.1) is 13.8 Å². The first-order chi connectivity index (χ1) is 13.0. The summed E-state index contributed by atoms with van der Waals surface area (Å²) < 4.78 is 0. The van der Waals surface area contributed by atoms with E-state index < -0.39 is 0 Å². The van der Waals surface area contributed by atoms with Gasteiger partial charge >= 0.3 is 0 Å². The number of aromatic nitrogens is 4. The quantitative estimate of drug-likeness (QED) is 0.495. The lowest BCUT2D eigenvalue weighted by atomic mass is 10.1. The Balaban J connectivity index is 1.48. The van der Waals surface area contributed by atoms with Crippen molar-refractivity contribution in [2.75, 3.05) is 11.1 Å². The molecule has 136 valence electrons. The Bertz CT molecular complexity index is 1150. The lowest BCUT2D eigenvalue weighted by molar-refractivity contribution is -0.113. The molecule has 4 aromatic rings. The van der Waals surface area contributed by atoms with Crippen LogP contribution in [-0.4, -0.2) is 31.8 Å². The van der Waals surface area contributed by atoms with Crippen LogP contribution in [0.4, 0.5) is 5.69 Å². The van der Waals surface area contributed by atoms with Crippen molar-refractivity contribution in [2.24, 2.45) is 0 Å². The van der Waals surface area contributed by atoms with Crippen molar-refractivity contribution >= 4 is 57.0 Å². The van der Waals surface area contributed by atoms with E-state index in [0.717, 1.165) is 27.5 Å². The third-order valence-corrected chi connectivity index (χ3v) is 5.27. The number of para-hydroxylation sites is 1. The molecule has 1 amide bonds. The molecule has 2 aromatic heterocycles. The second kappa shape index (κ2) is 7.17. The van der Waals surface area contributed by atoms with Crippen LogP contribution in [0.25, 0.3) is 22.1 Å². The van der Waals surface area contributed by atoms with Gasteiger partial charge in [0.15, 0.2) is 5.65 Å². The van der Waals surface area contributed by atoms with Crippen LogP contribution in [0.2, 0.25) is 5.02 Å². The molecular formula is C19H16ClN5OS. The lowest BCUT2D eigenvalue weighted by Crippen LogP contribution is -2.15. The highest BCUT2D eigenvalue weighted by molar-refractivity contribution is 7.99. The zero-order chi connectivity index (χ0) is 19.0. The number of anilines is 1. The molecule has 0 saturated carbocycles. The summed E-state index contributed by atoms with van der Waals surface area (Å²) >= 11 is 7.47. The molecule has 0 aliphatic heterocycles. The predicted molar refractivity (Wildman–Crippen MR) is 109 cm³/mol. The summed E-state index contributed by atoms with van der Waals surface area (Å²) in [5.41, 5.74) is 4.96. The van der Waals surface area contributed by atoms with Crippen molar-refractivity contribution < 1.29 is 4.79 Å². The smallest absolute Gasteiger partial charge is 0.234 e. The Morgan fingerprint density at radius 2 is 2.04 bits per heavy atom. The molecule has 0 radical (unpaired) electrons. The fourth-order valence-electron chi connectivity index (χ4n) is 2.95. The fraction of sp³-hybridized carbons (Fsp3) is 0.158. The maximum atomic E-state index is 12.3. The highest BCUT2D eigenvalue weighted by atomic mass is 35.5. The van der Waals surface area contributed by atoms with Gasteiger partial charge in [-0.1, -0.05) is 47.6 Å². The van der Waals surface area contributed by atoms with Crippen molar-refractivity contribution in [3.8, 4) is 0 Å². The first kappa shape index (κ1) is 17.8. The van der Waals surface area contributed by atoms with Crippen molar-refractivity contribution in [3.63, 3.8) is 0 Å². The Kier molecular flexibility index (Phi) is 4.72. The topological polar surface area (TPSA) is 83.6 Å². The Morgan fingerprint density at radius 3 is 2.85 bits per heavy atom. The number of nitrogens with one attached hydrogen (secondary N) is 2. The number of benzene rings is 2. The minimum Gasteiger partial charge on any atom is -0.338 e. The molecule has 6 nitrogen and oxygen atoms in total. The number of aromatic amines is 1. The van der Waals surface area contributed by atoms with Crippen molar-refractivity contribution in [3.05, 3.63) is 52.5 Å². The number of hydrogen-bond donors (Lipinski definition) is 2. The minimum atomic E-state index is -0.172. The van der Waals surface area contributed by atoms with Gasteiger partial charge in [-0.05, 0) is 37.1 Å². The molecular weight excluding hydrogens is 382 g/mol. The van der Waals surface area contributed by atoms with E-state index in [1.54, 1.807) is 0 Å². The Labute approximate surface area is 164 Å². The summed E-state index contributed by atoms with van der Waals surface area (Å²) in [5.74, 6) is -0.00829. The average molecular weight is 398 g/mol. The van der Waals surface area contributed by atoms with Gasteiger partial charge < -0.3 is 10.3 Å². The van der Waals surface area contributed by atoms with Crippen LogP contribution in [0.15, 0.2) is 41.6 Å². The SMILES string of the molecule is Cc1cc(C)c(NC(=O)CSc2nnc3c(n2)[nH]c2ccccc23)c(Cl)c1. The number of amides is 1. The van der Waals surface area contributed by atoms with Gasteiger partial charge in [0.1, 0.15) is 5.52 Å². The van der Waals surface area contributed by atoms with E-state index in [1.807, 2.05) is 50.2 Å². The number of hydrogen-bond acceptors (Lipinski definition) is 5. The minimum absolute atomic E-state index is 0.164. The summed E-state index contributed by atoms with van der Waals surface area (Å²) in [7, 11) is 0. The molecule has 0 saturated heterocycles. The summed E-state index contributed by atoms with van der Waals surface area (Å²) in [6.07, 6.45) is 0. The number of thioether (sulfide) groups is 1. The molecule has 0 unspecified atom stereocenters. The van der Waals surface area contributed by atoms with E-state index in [-0.39, 0.29) is 11.7 Å². The highest BCUT2D eigenvalue weighted by Crippen LogP contribution is 2.28. The summed E-state index contributed by atoms with van der Waals surface area (Å²) in [5, 5.41) is 13.2. The van der Waals surface area contributed by atoms with E-state index in [0.29, 0.717) is 21.5 Å². The monoisotopic (exact) mass is 397 g/mol. The average Bonchev–Trinajstić information content (AvgIpc) is 3.00. The molecule has 2 heterocycles. The van der Waals surface area contributed by atoms with E-state index in [4.69, 9.17) is 11.6 Å². The number of rotatable bonds is 4. The molecule has 27 heavy (non-hydrogen) atoms. The number of H-pyrrole nitrogens is 1. The lowest BCUT2D eigenvalue weighted by Gasteiger charge is -2.11. The standard InChI is InChI=1S/C19H16ClN5OS/c1-10-7-11(2)16(13(20)8-10)22-15(26)9-27-19-23-18-17(24-25-19)12-5-3-4-6-14(12)21-18/h3-8H,9H2,1-2H3,(H,22,26)(H,21,23,25). The van der Waals surface area contributed by atoms with Gasteiger partial charge in [-0.15, -0.1) is 10.2 Å². The normalized spacial score (nSPS) is 11.2. The van der Waals surface area contributed by atoms with Crippen molar-refractivity contribution in [1.29, 1.82) is 0 Å². The van der Waals surface area contributed by atoms with Crippen LogP contribution in [0.3, 0.4) is 0 Å². The van der Waals surface area contributed by atoms with E-state index in [9.17, 15) is 4.79 Å². The van der Waals surface area contributed by atoms with Gasteiger partial charge in [-0.25, -0.2) is 4.98 Å². The Hall–Kier alpha value is -2.64. The third kappa shape index (κ3) is 3.61. The maximum absolute atomic E-state index is 12.3. The van der Waals surface area contributed by atoms with E-state index in [2.05, 4.69) is 25.5 Å². The molecule has 2 aromatic carbocycles. The third-order valence-electron chi connectivity index (χ3n) is 4.13. The molecule has 4 rings (SSSR count). The molecule has 0 atom stereocenters. The zero-order valence-electron chi connectivity index (χ0n) is 14.7. The number of aryl methyl sites for hydroxylation is 2. The van der Waals surface area contributed by atoms with Crippen LogP contribution >= 0.6 is 23.4 Å². The maximum Gasteiger partial charge on any atom is 0.234 e. The van der Waals surface area contributed by atoms with Crippen LogP contribution in [0.1, 0.15) is 11.1 Å². The first-order valence-corrected chi connectivity index (χ1v) is 9.68. The molecule has 0 bridgehead atoms. The molecule has 0 aliphatic carbocycles. The number of halogens is 1. The van der Waals surface area contributed by atoms with E-state index >= 15 is 0 Å². The van der Waals surface area contributed by atoms with Gasteiger partial charge in [0.05, 0.1) is 16.5 Å². The second-order valence-electron chi connectivity index (χ2n) is 6.24. The summed E-state index contributed by atoms with van der Waals surface area (Å²) in [6.45, 7) is 3.88. The number of carbonyl (C=O) groups is 1. The molecule has 0 aliphatic rings. The van der Waals surface area contributed by atoms with Crippen molar-refractivity contribution in [1.82, 2.24) is 20.2 Å². The molecule has 8 heteroatoms. The Morgan fingerprint density at radius 1 is 1.22 bits per heavy atom. The van der Waals surface area contributed by atoms with Gasteiger partial charge in [0, 0.05) is 10.9 Å². The van der Waals surface area contributed by atoms with E-state index in [1.165, 1.54) is 11.8 Å². The van der Waals surface area contributed by atoms with Gasteiger partial charge in [-0.3, -0.25) is 4.79 Å². The summed E-state index contributed by atoms with van der Waals surface area (Å²) in [4.78, 5) is 20.0. The zero-order valence-corrected chi connectivity index (χ0v) is 16.3. The van der Waals surface area contributed by atoms with Crippen LogP contribution < -0.4 is 5.32 Å². The van der Waals surface area contributed by atoms with Gasteiger partial charge in [0.25, 0.3) is 0 Å². The van der Waals surface area contributed by atoms with Gasteiger partial charge in [-0.2, -0.15) is 0 Å². The molecule has 0 fully saturated rings. The van der Waals surface area contributed by atoms with Crippen LogP contribution in [-0.2, 0) is 4.79 Å². The largest absolute Gasteiger partial charge is 0.338 e. The summed E-state index contributed by atoms with van der Waals surface area (Å²) in [6, 6.07) is 11.6. The predicted octanol–water partition coefficient (Wildman–Crippen LogP) is 4.51. The van der Waals surface area contributed by atoms with Gasteiger partial charge in [0.2, 0.25) is 11.1 Å². The second-order valence-corrected chi connectivity index (χ2v) is 7.59. The number of carbonyl (C=O) groups excluding carboxylic acids is 1. The first-order valence-electron chi connectivity index (χ1n) is 8.32. The fourth-order valence-corrected chi connectivity index (χ4v) is 3.90. The van der Waals surface area contributed by atoms with Crippen molar-refractivity contribution in [2.45, 2.75) is 19.0 Å².